The first-order valence-electron chi connectivity index (χ1n) is 2.14. The summed E-state index contributed by atoms with van der Waals surface area (Å²) in [5, 5.41) is 18.0. The maximum absolute atomic E-state index is 9.84. The molecule has 0 aliphatic heterocycles. The van der Waals surface area contributed by atoms with Crippen molar-refractivity contribution in [2.24, 2.45) is 5.92 Å². The molecule has 1 rings (SSSR count). The lowest BCUT2D eigenvalue weighted by Gasteiger charge is -1.89. The molecule has 0 aromatic heterocycles. The van der Waals surface area contributed by atoms with Crippen molar-refractivity contribution in [1.82, 2.24) is 0 Å². The van der Waals surface area contributed by atoms with Crippen molar-refractivity contribution in [2.45, 2.75) is 19.1 Å². The fourth-order valence-corrected chi connectivity index (χ4v) is 0.381. The van der Waals surface area contributed by atoms with E-state index in [1.54, 1.807) is 0 Å². The van der Waals surface area contributed by atoms with Gasteiger partial charge in [-0.3, -0.25) is 0 Å². The summed E-state index contributed by atoms with van der Waals surface area (Å²) in [5.74, 6) is 0.102. The van der Waals surface area contributed by atoms with E-state index in [2.05, 4.69) is 0 Å². The van der Waals surface area contributed by atoms with E-state index in [0.29, 0.717) is 0 Å². The Bertz CT molecular complexity index is 47.5. The second-order valence-corrected chi connectivity index (χ2v) is 1.73. The molecule has 1 unspecified atom stereocenters. The maximum Gasteiger partial charge on any atom is 0.191 e. The molecule has 1 aliphatic rings. The lowest BCUT2D eigenvalue weighted by Crippen LogP contribution is -2.02. The highest BCUT2D eigenvalue weighted by Gasteiger charge is 2.28. The zero-order chi connectivity index (χ0) is 4.57. The number of rotatable bonds is 1. The molecule has 35 valence electrons. The minimum absolute atomic E-state index is 0.102. The zero-order valence-electron chi connectivity index (χ0n) is 3.42. The molecule has 0 aromatic rings. The second-order valence-electron chi connectivity index (χ2n) is 1.73. The number of hydrogen-bond donors (Lipinski definition) is 1. The van der Waals surface area contributed by atoms with Crippen molar-refractivity contribution in [2.75, 3.05) is 0 Å². The van der Waals surface area contributed by atoms with Crippen molar-refractivity contribution in [1.29, 1.82) is 0 Å². The van der Waals surface area contributed by atoms with Gasteiger partial charge in [0, 0.05) is 5.92 Å². The molecule has 1 saturated carbocycles. The Morgan fingerprint density at radius 1 is 1.67 bits per heavy atom. The molecule has 1 aliphatic carbocycles. The van der Waals surface area contributed by atoms with Gasteiger partial charge in [0.2, 0.25) is 0 Å². The average molecular weight is 87.1 g/mol. The fourth-order valence-electron chi connectivity index (χ4n) is 0.381. The predicted octanol–water partition coefficient (Wildman–Crippen LogP) is 0.145. The summed E-state index contributed by atoms with van der Waals surface area (Å²) < 4.78 is 0. The Hall–Kier alpha value is -0.0800. The SMILES string of the molecule is [O]C(O)C1CC1. The Kier molecular flexibility index (Phi) is 0.821. The average Bonchev–Trinajstić information content (AvgIpc) is 2.06. The van der Waals surface area contributed by atoms with Gasteiger partial charge in [-0.2, -0.15) is 0 Å². The van der Waals surface area contributed by atoms with E-state index < -0.39 is 6.29 Å². The van der Waals surface area contributed by atoms with Crippen LogP contribution in [0.1, 0.15) is 12.8 Å². The summed E-state index contributed by atoms with van der Waals surface area (Å²) in [6, 6.07) is 0. The molecular weight excluding hydrogens is 80.0 g/mol. The van der Waals surface area contributed by atoms with Crippen molar-refractivity contribution in [3.05, 3.63) is 0 Å². The Morgan fingerprint density at radius 2 is 2.17 bits per heavy atom. The lowest BCUT2D eigenvalue weighted by atomic mass is 10.4. The lowest BCUT2D eigenvalue weighted by molar-refractivity contribution is -0.106. The molecule has 1 radical (unpaired) electrons. The highest BCUT2D eigenvalue weighted by Crippen LogP contribution is 2.31. The molecule has 2 heteroatoms. The van der Waals surface area contributed by atoms with Crippen LogP contribution in [0.3, 0.4) is 0 Å². The molecule has 1 atom stereocenters. The summed E-state index contributed by atoms with van der Waals surface area (Å²) >= 11 is 0. The number of hydrogen-bond acceptors (Lipinski definition) is 1. The quantitative estimate of drug-likeness (QED) is 0.454. The van der Waals surface area contributed by atoms with Gasteiger partial charge >= 0.3 is 0 Å². The third kappa shape index (κ3) is 0.698. The summed E-state index contributed by atoms with van der Waals surface area (Å²) in [6.07, 6.45) is 0.583. The molecule has 0 aromatic carbocycles. The molecule has 6 heavy (non-hydrogen) atoms. The molecule has 0 bridgehead atoms. The predicted molar refractivity (Wildman–Crippen MR) is 19.4 cm³/mol. The second kappa shape index (κ2) is 1.21. The Morgan fingerprint density at radius 3 is 2.17 bits per heavy atom. The van der Waals surface area contributed by atoms with Crippen LogP contribution in [0.5, 0.6) is 0 Å². The van der Waals surface area contributed by atoms with E-state index in [1.807, 2.05) is 0 Å². The van der Waals surface area contributed by atoms with Gasteiger partial charge < -0.3 is 5.11 Å². The largest absolute Gasteiger partial charge is 0.365 e. The smallest absolute Gasteiger partial charge is 0.191 e. The summed E-state index contributed by atoms with van der Waals surface area (Å²) in [5.41, 5.74) is 0. The summed E-state index contributed by atoms with van der Waals surface area (Å²) in [7, 11) is 0. The zero-order valence-corrected chi connectivity index (χ0v) is 3.42. The third-order valence-electron chi connectivity index (χ3n) is 1.03. The van der Waals surface area contributed by atoms with Crippen LogP contribution in [-0.4, -0.2) is 11.4 Å². The minimum atomic E-state index is -1.29. The van der Waals surface area contributed by atoms with Gasteiger partial charge in [-0.25, -0.2) is 5.11 Å². The van der Waals surface area contributed by atoms with Crippen LogP contribution >= 0.6 is 0 Å². The van der Waals surface area contributed by atoms with Crippen LogP contribution in [0.4, 0.5) is 0 Å². The van der Waals surface area contributed by atoms with E-state index in [-0.39, 0.29) is 5.92 Å². The van der Waals surface area contributed by atoms with Gasteiger partial charge in [-0.1, -0.05) is 0 Å². The van der Waals surface area contributed by atoms with Crippen LogP contribution in [-0.2, 0) is 5.11 Å². The fraction of sp³-hybridized carbons (Fsp3) is 1.00. The van der Waals surface area contributed by atoms with E-state index in [0.717, 1.165) is 12.8 Å². The van der Waals surface area contributed by atoms with Crippen molar-refractivity contribution in [3.63, 3.8) is 0 Å². The molecule has 2 nitrogen and oxygen atoms in total. The van der Waals surface area contributed by atoms with Gasteiger partial charge in [0.25, 0.3) is 0 Å². The van der Waals surface area contributed by atoms with E-state index in [1.165, 1.54) is 0 Å². The molecule has 0 amide bonds. The van der Waals surface area contributed by atoms with E-state index >= 15 is 0 Å². The van der Waals surface area contributed by atoms with Crippen LogP contribution in [0.25, 0.3) is 0 Å². The first-order chi connectivity index (χ1) is 2.80. The van der Waals surface area contributed by atoms with Crippen molar-refractivity contribution < 1.29 is 10.2 Å². The summed E-state index contributed by atoms with van der Waals surface area (Å²) in [4.78, 5) is 0. The Balaban J connectivity index is 2.13. The molecular formula is C4H7O2. The van der Waals surface area contributed by atoms with Crippen LogP contribution in [0.2, 0.25) is 0 Å². The Labute approximate surface area is 36.4 Å². The monoisotopic (exact) mass is 87.0 g/mol. The third-order valence-corrected chi connectivity index (χ3v) is 1.03. The first-order valence-corrected chi connectivity index (χ1v) is 2.14. The van der Waals surface area contributed by atoms with Gasteiger partial charge in [-0.05, 0) is 12.8 Å². The summed E-state index contributed by atoms with van der Waals surface area (Å²) in [6.45, 7) is 0. The molecule has 0 spiro atoms. The topological polar surface area (TPSA) is 40.1 Å². The highest BCUT2D eigenvalue weighted by atomic mass is 16.5. The molecule has 0 heterocycles. The van der Waals surface area contributed by atoms with E-state index in [9.17, 15) is 5.11 Å². The highest BCUT2D eigenvalue weighted by molar-refractivity contribution is 4.73. The van der Waals surface area contributed by atoms with Gasteiger partial charge in [0.1, 0.15) is 0 Å². The molecule has 1 N–H and O–H groups in total. The van der Waals surface area contributed by atoms with Gasteiger partial charge in [-0.15, -0.1) is 0 Å². The first kappa shape index (κ1) is 4.09. The number of aliphatic hydroxyl groups is 1. The number of aliphatic hydroxyl groups excluding tert-OH is 1. The normalized spacial score (nSPS) is 22.5. The van der Waals surface area contributed by atoms with Crippen molar-refractivity contribution in [3.8, 4) is 0 Å². The minimum Gasteiger partial charge on any atom is -0.365 e. The molecule has 1 fully saturated rings. The standard InChI is InChI=1S/C4H7O2/c5-4(6)3-1-2-3/h3-5H,1-2H2. The van der Waals surface area contributed by atoms with Crippen LogP contribution in [0.15, 0.2) is 0 Å². The maximum atomic E-state index is 9.84. The van der Waals surface area contributed by atoms with Crippen LogP contribution < -0.4 is 0 Å². The molecule has 0 saturated heterocycles. The van der Waals surface area contributed by atoms with Gasteiger partial charge in [0.05, 0.1) is 0 Å². The van der Waals surface area contributed by atoms with Crippen LogP contribution in [0, 0.1) is 5.92 Å². The van der Waals surface area contributed by atoms with Gasteiger partial charge in [0.15, 0.2) is 6.29 Å². The van der Waals surface area contributed by atoms with E-state index in [4.69, 9.17) is 5.11 Å². The van der Waals surface area contributed by atoms with Crippen molar-refractivity contribution >= 4 is 0 Å².